The van der Waals surface area contributed by atoms with Gasteiger partial charge in [-0.2, -0.15) is 0 Å². The molecule has 1 heterocycles. The number of urea groups is 1. The fourth-order valence-corrected chi connectivity index (χ4v) is 2.81. The highest BCUT2D eigenvalue weighted by Crippen LogP contribution is 2.19. The van der Waals surface area contributed by atoms with Gasteiger partial charge in [0, 0.05) is 30.4 Å². The third kappa shape index (κ3) is 4.96. The predicted molar refractivity (Wildman–Crippen MR) is 91.7 cm³/mol. The molecule has 3 amide bonds. The highest BCUT2D eigenvalue weighted by atomic mass is 16.2. The van der Waals surface area contributed by atoms with Gasteiger partial charge in [-0.1, -0.05) is 6.07 Å². The predicted octanol–water partition coefficient (Wildman–Crippen LogP) is 1.90. The maximum Gasteiger partial charge on any atom is 0.319 e. The lowest BCUT2D eigenvalue weighted by Crippen LogP contribution is -2.34. The molecule has 6 heteroatoms. The highest BCUT2D eigenvalue weighted by molar-refractivity contribution is 5.97. The Labute approximate surface area is 137 Å². The van der Waals surface area contributed by atoms with E-state index in [-0.39, 0.29) is 18.0 Å². The van der Waals surface area contributed by atoms with Crippen molar-refractivity contribution in [2.45, 2.75) is 26.3 Å². The first kappa shape index (κ1) is 17.3. The quantitative estimate of drug-likeness (QED) is 0.776. The van der Waals surface area contributed by atoms with E-state index in [1.165, 1.54) is 0 Å². The third-order valence-electron chi connectivity index (χ3n) is 3.85. The number of carbonyl (C=O) groups excluding carboxylic acids is 2. The molecule has 23 heavy (non-hydrogen) atoms. The number of benzene rings is 1. The lowest BCUT2D eigenvalue weighted by atomic mass is 10.1. The van der Waals surface area contributed by atoms with E-state index in [1.54, 1.807) is 24.3 Å². The number of anilines is 1. The second-order valence-corrected chi connectivity index (χ2v) is 6.30. The van der Waals surface area contributed by atoms with Crippen molar-refractivity contribution in [2.24, 2.45) is 5.92 Å². The first-order chi connectivity index (χ1) is 11.0. The van der Waals surface area contributed by atoms with Crippen LogP contribution >= 0.6 is 0 Å². The average molecular weight is 318 g/mol. The number of hydrogen-bond donors (Lipinski definition) is 3. The Hall–Kier alpha value is -2.08. The summed E-state index contributed by atoms with van der Waals surface area (Å²) in [5.41, 5.74) is 1.23. The summed E-state index contributed by atoms with van der Waals surface area (Å²) in [5, 5.41) is 8.68. The van der Waals surface area contributed by atoms with Crippen LogP contribution in [0.15, 0.2) is 24.3 Å². The lowest BCUT2D eigenvalue weighted by molar-refractivity contribution is 0.0787. The van der Waals surface area contributed by atoms with Gasteiger partial charge in [-0.05, 0) is 58.0 Å². The van der Waals surface area contributed by atoms with Crippen molar-refractivity contribution in [3.05, 3.63) is 29.8 Å². The lowest BCUT2D eigenvalue weighted by Gasteiger charge is -2.17. The highest BCUT2D eigenvalue weighted by Gasteiger charge is 2.26. The second kappa shape index (κ2) is 7.97. The SMILES string of the molecule is CNCC1CCN(C(=O)c2cccc(NC(=O)NC(C)C)c2)C1. The molecule has 0 aromatic heterocycles. The van der Waals surface area contributed by atoms with Crippen LogP contribution in [0.4, 0.5) is 10.5 Å². The Balaban J connectivity index is 1.99. The minimum absolute atomic E-state index is 0.0246. The molecule has 0 saturated carbocycles. The molecule has 2 rings (SSSR count). The van der Waals surface area contributed by atoms with Crippen LogP contribution in [0.2, 0.25) is 0 Å². The standard InChI is InChI=1S/C17H26N4O2/c1-12(2)19-17(23)20-15-6-4-5-14(9-15)16(22)21-8-7-13(11-21)10-18-3/h4-6,9,12-13,18H,7-8,10-11H2,1-3H3,(H2,19,20,23). The van der Waals surface area contributed by atoms with Crippen LogP contribution in [0.3, 0.4) is 0 Å². The summed E-state index contributed by atoms with van der Waals surface area (Å²) in [6.07, 6.45) is 1.03. The molecule has 1 fully saturated rings. The van der Waals surface area contributed by atoms with Crippen LogP contribution in [0.25, 0.3) is 0 Å². The number of carbonyl (C=O) groups is 2. The zero-order valence-corrected chi connectivity index (χ0v) is 14.1. The van der Waals surface area contributed by atoms with E-state index in [0.29, 0.717) is 17.2 Å². The maximum atomic E-state index is 12.6. The van der Waals surface area contributed by atoms with E-state index < -0.39 is 0 Å². The van der Waals surface area contributed by atoms with Crippen molar-refractivity contribution < 1.29 is 9.59 Å². The molecule has 3 N–H and O–H groups in total. The van der Waals surface area contributed by atoms with E-state index in [1.807, 2.05) is 25.8 Å². The first-order valence-corrected chi connectivity index (χ1v) is 8.11. The van der Waals surface area contributed by atoms with E-state index in [9.17, 15) is 9.59 Å². The van der Waals surface area contributed by atoms with Gasteiger partial charge in [-0.15, -0.1) is 0 Å². The summed E-state index contributed by atoms with van der Waals surface area (Å²) in [7, 11) is 1.93. The Morgan fingerprint density at radius 1 is 1.35 bits per heavy atom. The summed E-state index contributed by atoms with van der Waals surface area (Å²) in [6.45, 7) is 6.30. The molecule has 0 bridgehead atoms. The molecule has 6 nitrogen and oxygen atoms in total. The molecule has 0 radical (unpaired) electrons. The van der Waals surface area contributed by atoms with Gasteiger partial charge in [-0.25, -0.2) is 4.79 Å². The molecule has 1 aliphatic rings. The summed E-state index contributed by atoms with van der Waals surface area (Å²) in [5.74, 6) is 0.540. The maximum absolute atomic E-state index is 12.6. The number of nitrogens with one attached hydrogen (secondary N) is 3. The van der Waals surface area contributed by atoms with Gasteiger partial charge in [-0.3, -0.25) is 4.79 Å². The van der Waals surface area contributed by atoms with Crippen molar-refractivity contribution in [1.29, 1.82) is 0 Å². The average Bonchev–Trinajstić information content (AvgIpc) is 2.95. The minimum atomic E-state index is -0.264. The van der Waals surface area contributed by atoms with Crippen molar-refractivity contribution in [1.82, 2.24) is 15.5 Å². The van der Waals surface area contributed by atoms with Gasteiger partial charge >= 0.3 is 6.03 Å². The van der Waals surface area contributed by atoms with Gasteiger partial charge < -0.3 is 20.9 Å². The Kier molecular flexibility index (Phi) is 5.98. The van der Waals surface area contributed by atoms with Gasteiger partial charge in [0.2, 0.25) is 0 Å². The summed E-state index contributed by atoms with van der Waals surface area (Å²) < 4.78 is 0. The van der Waals surface area contributed by atoms with E-state index >= 15 is 0 Å². The van der Waals surface area contributed by atoms with Crippen LogP contribution in [0.1, 0.15) is 30.6 Å². The van der Waals surface area contributed by atoms with Gasteiger partial charge in [0.1, 0.15) is 0 Å². The van der Waals surface area contributed by atoms with Crippen LogP contribution in [0, 0.1) is 5.92 Å². The molecule has 1 aromatic carbocycles. The largest absolute Gasteiger partial charge is 0.338 e. The fraction of sp³-hybridized carbons (Fsp3) is 0.529. The first-order valence-electron chi connectivity index (χ1n) is 8.11. The monoisotopic (exact) mass is 318 g/mol. The van der Waals surface area contributed by atoms with Crippen LogP contribution < -0.4 is 16.0 Å². The van der Waals surface area contributed by atoms with Crippen LogP contribution in [-0.4, -0.2) is 49.6 Å². The normalized spacial score (nSPS) is 17.4. The van der Waals surface area contributed by atoms with E-state index in [0.717, 1.165) is 26.1 Å². The molecule has 0 aliphatic carbocycles. The van der Waals surface area contributed by atoms with Gasteiger partial charge in [0.15, 0.2) is 0 Å². The van der Waals surface area contributed by atoms with Crippen molar-refractivity contribution >= 4 is 17.6 Å². The fourth-order valence-electron chi connectivity index (χ4n) is 2.81. The minimum Gasteiger partial charge on any atom is -0.338 e. The molecule has 126 valence electrons. The zero-order chi connectivity index (χ0) is 16.8. The molecule has 1 atom stereocenters. The van der Waals surface area contributed by atoms with Crippen LogP contribution in [-0.2, 0) is 0 Å². The Morgan fingerprint density at radius 3 is 2.83 bits per heavy atom. The molecule has 1 saturated heterocycles. The second-order valence-electron chi connectivity index (χ2n) is 6.30. The topological polar surface area (TPSA) is 73.5 Å². The van der Waals surface area contributed by atoms with Crippen molar-refractivity contribution in [2.75, 3.05) is 32.0 Å². The molecule has 1 aliphatic heterocycles. The number of amides is 3. The number of hydrogen-bond acceptors (Lipinski definition) is 3. The molecule has 1 unspecified atom stereocenters. The number of rotatable bonds is 5. The molecule has 1 aromatic rings. The summed E-state index contributed by atoms with van der Waals surface area (Å²) in [4.78, 5) is 26.2. The van der Waals surface area contributed by atoms with Crippen LogP contribution in [0.5, 0.6) is 0 Å². The van der Waals surface area contributed by atoms with Gasteiger partial charge in [0.05, 0.1) is 0 Å². The van der Waals surface area contributed by atoms with Crippen molar-refractivity contribution in [3.63, 3.8) is 0 Å². The van der Waals surface area contributed by atoms with E-state index in [2.05, 4.69) is 16.0 Å². The molecule has 0 spiro atoms. The zero-order valence-electron chi connectivity index (χ0n) is 14.1. The summed E-state index contributed by atoms with van der Waals surface area (Å²) in [6, 6.07) is 6.89. The number of nitrogens with zero attached hydrogens (tertiary/aromatic N) is 1. The Morgan fingerprint density at radius 2 is 2.13 bits per heavy atom. The smallest absolute Gasteiger partial charge is 0.319 e. The number of likely N-dealkylation sites (tertiary alicyclic amines) is 1. The Bertz CT molecular complexity index is 559. The van der Waals surface area contributed by atoms with Gasteiger partial charge in [0.25, 0.3) is 5.91 Å². The third-order valence-corrected chi connectivity index (χ3v) is 3.85. The molecular weight excluding hydrogens is 292 g/mol. The molecular formula is C17H26N4O2. The van der Waals surface area contributed by atoms with Crippen molar-refractivity contribution in [3.8, 4) is 0 Å². The van der Waals surface area contributed by atoms with E-state index in [4.69, 9.17) is 0 Å². The summed E-state index contributed by atoms with van der Waals surface area (Å²) >= 11 is 0.